The van der Waals surface area contributed by atoms with Crippen LogP contribution in [-0.2, 0) is 22.5 Å². The number of nitriles is 1. The molecule has 0 bridgehead atoms. The molecule has 0 saturated carbocycles. The largest absolute Gasteiger partial charge is 0.469 e. The SMILES string of the molecule is COC(=O)Cc1ccc(CNc2ccc(C#N)c(Cl)c2)s1. The Kier molecular flexibility index (Phi) is 5.20. The van der Waals surface area contributed by atoms with Crippen molar-refractivity contribution in [2.45, 2.75) is 13.0 Å². The predicted octanol–water partition coefficient (Wildman–Crippen LogP) is 3.60. The van der Waals surface area contributed by atoms with Crippen molar-refractivity contribution in [3.63, 3.8) is 0 Å². The third kappa shape index (κ3) is 4.22. The van der Waals surface area contributed by atoms with E-state index in [0.29, 0.717) is 23.6 Å². The summed E-state index contributed by atoms with van der Waals surface area (Å²) in [7, 11) is 1.38. The van der Waals surface area contributed by atoms with Gasteiger partial charge in [0.1, 0.15) is 6.07 Å². The zero-order chi connectivity index (χ0) is 15.2. The molecule has 4 nitrogen and oxygen atoms in total. The van der Waals surface area contributed by atoms with E-state index in [0.717, 1.165) is 15.4 Å². The van der Waals surface area contributed by atoms with Gasteiger partial charge in [-0.15, -0.1) is 11.3 Å². The molecule has 0 spiro atoms. The minimum atomic E-state index is -0.241. The number of esters is 1. The molecule has 1 N–H and O–H groups in total. The number of hydrogen-bond donors (Lipinski definition) is 1. The third-order valence-corrected chi connectivity index (χ3v) is 4.22. The zero-order valence-electron chi connectivity index (χ0n) is 11.4. The first kappa shape index (κ1) is 15.4. The molecule has 0 fully saturated rings. The number of hydrogen-bond acceptors (Lipinski definition) is 5. The topological polar surface area (TPSA) is 62.1 Å². The lowest BCUT2D eigenvalue weighted by molar-refractivity contribution is -0.139. The van der Waals surface area contributed by atoms with Gasteiger partial charge in [-0.25, -0.2) is 0 Å². The van der Waals surface area contributed by atoms with Gasteiger partial charge in [-0.3, -0.25) is 4.79 Å². The van der Waals surface area contributed by atoms with Crippen LogP contribution < -0.4 is 5.32 Å². The van der Waals surface area contributed by atoms with Crippen molar-refractivity contribution in [2.75, 3.05) is 12.4 Å². The fourth-order valence-corrected chi connectivity index (χ4v) is 2.90. The second kappa shape index (κ2) is 7.11. The van der Waals surface area contributed by atoms with E-state index >= 15 is 0 Å². The van der Waals surface area contributed by atoms with Crippen LogP contribution in [0.3, 0.4) is 0 Å². The summed E-state index contributed by atoms with van der Waals surface area (Å²) >= 11 is 7.54. The molecule has 1 heterocycles. The van der Waals surface area contributed by atoms with E-state index < -0.39 is 0 Å². The highest BCUT2D eigenvalue weighted by atomic mass is 35.5. The lowest BCUT2D eigenvalue weighted by Gasteiger charge is -2.05. The summed E-state index contributed by atoms with van der Waals surface area (Å²) in [5.74, 6) is -0.241. The van der Waals surface area contributed by atoms with Gasteiger partial charge in [0.15, 0.2) is 0 Å². The van der Waals surface area contributed by atoms with Crippen LogP contribution in [0.4, 0.5) is 5.69 Å². The molecular formula is C15H13ClN2O2S. The van der Waals surface area contributed by atoms with E-state index in [1.807, 2.05) is 24.3 Å². The van der Waals surface area contributed by atoms with E-state index in [2.05, 4.69) is 10.1 Å². The summed E-state index contributed by atoms with van der Waals surface area (Å²) in [6.07, 6.45) is 0.295. The van der Waals surface area contributed by atoms with Gasteiger partial charge in [0, 0.05) is 22.0 Å². The standard InChI is InChI=1S/C15H13ClN2O2S/c1-20-15(19)7-12-4-5-13(21-12)9-18-11-3-2-10(8-17)14(16)6-11/h2-6,18H,7,9H2,1H3. The second-order valence-electron chi connectivity index (χ2n) is 4.28. The van der Waals surface area contributed by atoms with E-state index in [1.165, 1.54) is 7.11 Å². The number of carbonyl (C=O) groups excluding carboxylic acids is 1. The molecule has 2 rings (SSSR count). The van der Waals surface area contributed by atoms with Gasteiger partial charge in [-0.1, -0.05) is 11.6 Å². The molecule has 6 heteroatoms. The lowest BCUT2D eigenvalue weighted by Crippen LogP contribution is -2.02. The smallest absolute Gasteiger partial charge is 0.310 e. The number of benzene rings is 1. The van der Waals surface area contributed by atoms with Crippen molar-refractivity contribution >= 4 is 34.6 Å². The molecular weight excluding hydrogens is 308 g/mol. The highest BCUT2D eigenvalue weighted by molar-refractivity contribution is 7.12. The minimum absolute atomic E-state index is 0.241. The molecule has 0 unspecified atom stereocenters. The van der Waals surface area contributed by atoms with Crippen LogP contribution in [0, 0.1) is 11.3 Å². The molecule has 0 saturated heterocycles. The lowest BCUT2D eigenvalue weighted by atomic mass is 10.2. The minimum Gasteiger partial charge on any atom is -0.469 e. The number of ether oxygens (including phenoxy) is 1. The Labute approximate surface area is 131 Å². The van der Waals surface area contributed by atoms with Crippen LogP contribution in [0.5, 0.6) is 0 Å². The first-order valence-electron chi connectivity index (χ1n) is 6.20. The maximum Gasteiger partial charge on any atom is 0.310 e. The predicted molar refractivity (Wildman–Crippen MR) is 83.5 cm³/mol. The number of carbonyl (C=O) groups is 1. The van der Waals surface area contributed by atoms with Crippen molar-refractivity contribution in [1.29, 1.82) is 5.26 Å². The van der Waals surface area contributed by atoms with Crippen LogP contribution >= 0.6 is 22.9 Å². The number of rotatable bonds is 5. The van der Waals surface area contributed by atoms with Gasteiger partial charge in [0.25, 0.3) is 0 Å². The van der Waals surface area contributed by atoms with E-state index in [1.54, 1.807) is 23.5 Å². The normalized spacial score (nSPS) is 9.95. The summed E-state index contributed by atoms with van der Waals surface area (Å²) in [5.41, 5.74) is 1.31. The number of anilines is 1. The average Bonchev–Trinajstić information content (AvgIpc) is 2.92. The third-order valence-electron chi connectivity index (χ3n) is 2.82. The Balaban J connectivity index is 1.96. The molecule has 1 aromatic heterocycles. The molecule has 0 aliphatic heterocycles. The number of nitrogens with one attached hydrogen (secondary N) is 1. The first-order valence-corrected chi connectivity index (χ1v) is 7.39. The molecule has 2 aromatic rings. The quantitative estimate of drug-likeness (QED) is 0.855. The Morgan fingerprint density at radius 3 is 2.81 bits per heavy atom. The number of thiophene rings is 1. The van der Waals surface area contributed by atoms with Gasteiger partial charge in [-0.2, -0.15) is 5.26 Å². The highest BCUT2D eigenvalue weighted by Crippen LogP contribution is 2.22. The Bertz CT molecular complexity index is 691. The van der Waals surface area contributed by atoms with Gasteiger partial charge in [0.05, 0.1) is 24.1 Å². The summed E-state index contributed by atoms with van der Waals surface area (Å²) in [4.78, 5) is 13.3. The van der Waals surface area contributed by atoms with E-state index in [4.69, 9.17) is 16.9 Å². The van der Waals surface area contributed by atoms with Crippen LogP contribution in [-0.4, -0.2) is 13.1 Å². The molecule has 21 heavy (non-hydrogen) atoms. The molecule has 0 radical (unpaired) electrons. The summed E-state index contributed by atoms with van der Waals surface area (Å²) in [6.45, 7) is 0.633. The summed E-state index contributed by atoms with van der Waals surface area (Å²) < 4.78 is 4.64. The summed E-state index contributed by atoms with van der Waals surface area (Å²) in [5, 5.41) is 12.5. The maximum absolute atomic E-state index is 11.2. The van der Waals surface area contributed by atoms with Gasteiger partial charge >= 0.3 is 5.97 Å². The van der Waals surface area contributed by atoms with Crippen LogP contribution in [0.15, 0.2) is 30.3 Å². The number of methoxy groups -OCH3 is 1. The Hall–Kier alpha value is -2.03. The van der Waals surface area contributed by atoms with Gasteiger partial charge < -0.3 is 10.1 Å². The van der Waals surface area contributed by atoms with Crippen molar-refractivity contribution < 1.29 is 9.53 Å². The van der Waals surface area contributed by atoms with Crippen LogP contribution in [0.1, 0.15) is 15.3 Å². The van der Waals surface area contributed by atoms with E-state index in [-0.39, 0.29) is 5.97 Å². The zero-order valence-corrected chi connectivity index (χ0v) is 12.9. The first-order chi connectivity index (χ1) is 10.1. The number of halogens is 1. The molecule has 108 valence electrons. The fourth-order valence-electron chi connectivity index (χ4n) is 1.73. The maximum atomic E-state index is 11.2. The monoisotopic (exact) mass is 320 g/mol. The Morgan fingerprint density at radius 1 is 1.38 bits per heavy atom. The van der Waals surface area contributed by atoms with E-state index in [9.17, 15) is 4.79 Å². The van der Waals surface area contributed by atoms with Gasteiger partial charge in [0.2, 0.25) is 0 Å². The van der Waals surface area contributed by atoms with Crippen molar-refractivity contribution in [3.05, 3.63) is 50.7 Å². The Morgan fingerprint density at radius 2 is 2.14 bits per heavy atom. The molecule has 0 amide bonds. The fraction of sp³-hybridized carbons (Fsp3) is 0.200. The van der Waals surface area contributed by atoms with Crippen molar-refractivity contribution in [2.24, 2.45) is 0 Å². The molecule has 0 aliphatic rings. The van der Waals surface area contributed by atoms with Crippen LogP contribution in [0.2, 0.25) is 5.02 Å². The van der Waals surface area contributed by atoms with Crippen molar-refractivity contribution in [1.82, 2.24) is 0 Å². The molecule has 0 aliphatic carbocycles. The van der Waals surface area contributed by atoms with Crippen LogP contribution in [0.25, 0.3) is 0 Å². The summed E-state index contributed by atoms with van der Waals surface area (Å²) in [6, 6.07) is 11.1. The number of nitrogens with zero attached hydrogens (tertiary/aromatic N) is 1. The highest BCUT2D eigenvalue weighted by Gasteiger charge is 2.06. The van der Waals surface area contributed by atoms with Crippen molar-refractivity contribution in [3.8, 4) is 6.07 Å². The average molecular weight is 321 g/mol. The molecule has 0 atom stereocenters. The molecule has 1 aromatic carbocycles. The van der Waals surface area contributed by atoms with Gasteiger partial charge in [-0.05, 0) is 30.3 Å². The second-order valence-corrected chi connectivity index (χ2v) is 5.94.